The topological polar surface area (TPSA) is 9.23 Å². The first-order chi connectivity index (χ1) is 11.2. The molecule has 0 aromatic heterocycles. The van der Waals surface area contributed by atoms with Crippen molar-refractivity contribution in [2.45, 2.75) is 77.6 Å². The van der Waals surface area contributed by atoms with Crippen LogP contribution in [0.2, 0.25) is 0 Å². The molecule has 0 spiro atoms. The van der Waals surface area contributed by atoms with Crippen molar-refractivity contribution in [2.75, 3.05) is 6.61 Å². The number of benzene rings is 1. The summed E-state index contributed by atoms with van der Waals surface area (Å²) in [5, 5.41) is 0. The van der Waals surface area contributed by atoms with Gasteiger partial charge in [-0.1, -0.05) is 45.1 Å². The fourth-order valence-electron chi connectivity index (χ4n) is 3.75. The molecule has 0 atom stereocenters. The lowest BCUT2D eigenvalue weighted by molar-refractivity contribution is 0.292. The summed E-state index contributed by atoms with van der Waals surface area (Å²) in [5.74, 6) is -0.572. The summed E-state index contributed by atoms with van der Waals surface area (Å²) in [6.45, 7) is 4.35. The van der Waals surface area contributed by atoms with Crippen molar-refractivity contribution in [3.05, 3.63) is 29.3 Å². The number of hydrogen-bond acceptors (Lipinski definition) is 1. The van der Waals surface area contributed by atoms with Gasteiger partial charge in [0.1, 0.15) is 0 Å². The molecule has 130 valence electrons. The molecule has 2 rings (SSSR count). The molecule has 0 saturated heterocycles. The monoisotopic (exact) mass is 324 g/mol. The van der Waals surface area contributed by atoms with E-state index in [0.29, 0.717) is 12.2 Å². The average Bonchev–Trinajstić information content (AvgIpc) is 2.57. The van der Waals surface area contributed by atoms with Crippen LogP contribution in [0.5, 0.6) is 5.75 Å². The molecule has 3 heteroatoms. The van der Waals surface area contributed by atoms with Crippen LogP contribution in [0.25, 0.3) is 0 Å². The predicted octanol–water partition coefficient (Wildman–Crippen LogP) is 6.61. The van der Waals surface area contributed by atoms with Crippen LogP contribution in [0.4, 0.5) is 8.78 Å². The van der Waals surface area contributed by atoms with Gasteiger partial charge in [-0.05, 0) is 56.1 Å². The number of rotatable bonds is 8. The van der Waals surface area contributed by atoms with Gasteiger partial charge in [0.2, 0.25) is 5.82 Å². The Bertz CT molecular complexity index is 479. The van der Waals surface area contributed by atoms with Gasteiger partial charge in [-0.2, -0.15) is 4.39 Å². The Morgan fingerprint density at radius 2 is 1.70 bits per heavy atom. The minimum atomic E-state index is -0.828. The molecule has 0 radical (unpaired) electrons. The molecule has 1 aromatic rings. The molecule has 0 bridgehead atoms. The highest BCUT2D eigenvalue weighted by atomic mass is 19.2. The standard InChI is InChI=1S/C20H30F2O/c1-3-5-6-7-8-15-9-11-16(12-10-15)17-13-14-18(23-4-2)20(22)19(17)21/h13-16H,3-12H2,1-2H3. The van der Waals surface area contributed by atoms with Gasteiger partial charge in [0, 0.05) is 0 Å². The minimum absolute atomic E-state index is 0.0263. The van der Waals surface area contributed by atoms with Crippen molar-refractivity contribution in [1.29, 1.82) is 0 Å². The van der Waals surface area contributed by atoms with Crippen molar-refractivity contribution < 1.29 is 13.5 Å². The van der Waals surface area contributed by atoms with Crippen LogP contribution in [0.15, 0.2) is 12.1 Å². The second kappa shape index (κ2) is 9.24. The summed E-state index contributed by atoms with van der Waals surface area (Å²) in [6.07, 6.45) is 10.8. The third kappa shape index (κ3) is 4.92. The first-order valence-corrected chi connectivity index (χ1v) is 9.28. The molecule has 0 aliphatic heterocycles. The lowest BCUT2D eigenvalue weighted by Gasteiger charge is -2.29. The molecule has 1 aliphatic carbocycles. The van der Waals surface area contributed by atoms with Crippen molar-refractivity contribution in [3.63, 3.8) is 0 Å². The molecule has 0 unspecified atom stereocenters. The van der Waals surface area contributed by atoms with Crippen molar-refractivity contribution in [1.82, 2.24) is 0 Å². The maximum absolute atomic E-state index is 14.3. The molecule has 0 amide bonds. The zero-order valence-electron chi connectivity index (χ0n) is 14.5. The van der Waals surface area contributed by atoms with Gasteiger partial charge >= 0.3 is 0 Å². The third-order valence-electron chi connectivity index (χ3n) is 5.13. The van der Waals surface area contributed by atoms with E-state index in [1.54, 1.807) is 19.1 Å². The Labute approximate surface area is 139 Å². The summed E-state index contributed by atoms with van der Waals surface area (Å²) in [5.41, 5.74) is 0.537. The van der Waals surface area contributed by atoms with Crippen molar-refractivity contribution in [3.8, 4) is 5.75 Å². The van der Waals surface area contributed by atoms with Crippen LogP contribution in [0.1, 0.15) is 83.1 Å². The van der Waals surface area contributed by atoms with E-state index in [1.807, 2.05) is 0 Å². The van der Waals surface area contributed by atoms with E-state index in [-0.39, 0.29) is 11.7 Å². The summed E-state index contributed by atoms with van der Waals surface area (Å²) in [7, 11) is 0. The molecule has 1 saturated carbocycles. The Morgan fingerprint density at radius 1 is 0.957 bits per heavy atom. The van der Waals surface area contributed by atoms with Crippen molar-refractivity contribution >= 4 is 0 Å². The van der Waals surface area contributed by atoms with Gasteiger partial charge in [-0.25, -0.2) is 4.39 Å². The van der Waals surface area contributed by atoms with Gasteiger partial charge in [0.25, 0.3) is 0 Å². The smallest absolute Gasteiger partial charge is 0.200 e. The van der Waals surface area contributed by atoms with Gasteiger partial charge < -0.3 is 4.74 Å². The summed E-state index contributed by atoms with van der Waals surface area (Å²) < 4.78 is 33.4. The summed E-state index contributed by atoms with van der Waals surface area (Å²) >= 11 is 0. The quantitative estimate of drug-likeness (QED) is 0.489. The highest BCUT2D eigenvalue weighted by Gasteiger charge is 2.26. The lowest BCUT2D eigenvalue weighted by atomic mass is 9.77. The van der Waals surface area contributed by atoms with Gasteiger partial charge in [-0.3, -0.25) is 0 Å². The molecule has 23 heavy (non-hydrogen) atoms. The highest BCUT2D eigenvalue weighted by molar-refractivity contribution is 5.33. The number of unbranched alkanes of at least 4 members (excludes halogenated alkanes) is 3. The fourth-order valence-corrected chi connectivity index (χ4v) is 3.75. The van der Waals surface area contributed by atoms with Crippen LogP contribution < -0.4 is 4.74 Å². The molecule has 1 nitrogen and oxygen atoms in total. The van der Waals surface area contributed by atoms with Crippen LogP contribution in [-0.2, 0) is 0 Å². The lowest BCUT2D eigenvalue weighted by Crippen LogP contribution is -2.15. The predicted molar refractivity (Wildman–Crippen MR) is 91.0 cm³/mol. The summed E-state index contributed by atoms with van der Waals surface area (Å²) in [6, 6.07) is 3.30. The van der Waals surface area contributed by atoms with E-state index in [0.717, 1.165) is 31.6 Å². The van der Waals surface area contributed by atoms with E-state index in [2.05, 4.69) is 6.92 Å². The van der Waals surface area contributed by atoms with E-state index in [1.165, 1.54) is 32.1 Å². The third-order valence-corrected chi connectivity index (χ3v) is 5.13. The van der Waals surface area contributed by atoms with E-state index >= 15 is 0 Å². The second-order valence-electron chi connectivity index (χ2n) is 6.78. The molecule has 1 aliphatic rings. The Balaban J connectivity index is 1.89. The maximum atomic E-state index is 14.3. The maximum Gasteiger partial charge on any atom is 0.200 e. The first kappa shape index (κ1) is 18.2. The molecular weight excluding hydrogens is 294 g/mol. The largest absolute Gasteiger partial charge is 0.491 e. The Kier molecular flexibility index (Phi) is 7.32. The van der Waals surface area contributed by atoms with Crippen LogP contribution in [0.3, 0.4) is 0 Å². The fraction of sp³-hybridized carbons (Fsp3) is 0.700. The van der Waals surface area contributed by atoms with E-state index in [9.17, 15) is 8.78 Å². The van der Waals surface area contributed by atoms with Gasteiger partial charge in [-0.15, -0.1) is 0 Å². The average molecular weight is 324 g/mol. The molecule has 0 N–H and O–H groups in total. The van der Waals surface area contributed by atoms with Crippen LogP contribution in [0, 0.1) is 17.6 Å². The minimum Gasteiger partial charge on any atom is -0.491 e. The van der Waals surface area contributed by atoms with Gasteiger partial charge in [0.05, 0.1) is 6.61 Å². The number of hydrogen-bond donors (Lipinski definition) is 0. The van der Waals surface area contributed by atoms with Gasteiger partial charge in [0.15, 0.2) is 11.6 Å². The second-order valence-corrected chi connectivity index (χ2v) is 6.78. The van der Waals surface area contributed by atoms with E-state index < -0.39 is 11.6 Å². The van der Waals surface area contributed by atoms with Crippen LogP contribution >= 0.6 is 0 Å². The number of halogens is 2. The molecule has 1 fully saturated rings. The van der Waals surface area contributed by atoms with Crippen molar-refractivity contribution in [2.24, 2.45) is 5.92 Å². The highest BCUT2D eigenvalue weighted by Crippen LogP contribution is 2.40. The Hall–Kier alpha value is -1.12. The normalized spacial score (nSPS) is 21.4. The molecule has 0 heterocycles. The van der Waals surface area contributed by atoms with Crippen LogP contribution in [-0.4, -0.2) is 6.61 Å². The number of ether oxygens (including phenoxy) is 1. The summed E-state index contributed by atoms with van der Waals surface area (Å²) in [4.78, 5) is 0. The zero-order chi connectivity index (χ0) is 16.7. The zero-order valence-corrected chi connectivity index (χ0v) is 14.5. The van der Waals surface area contributed by atoms with E-state index in [4.69, 9.17) is 4.74 Å². The molecular formula is C20H30F2O. The Morgan fingerprint density at radius 3 is 2.35 bits per heavy atom. The first-order valence-electron chi connectivity index (χ1n) is 9.28. The molecule has 1 aromatic carbocycles. The SMILES string of the molecule is CCCCCCC1CCC(c2ccc(OCC)c(F)c2F)CC1.